The predicted octanol–water partition coefficient (Wildman–Crippen LogP) is 4.63. The van der Waals surface area contributed by atoms with E-state index in [0.29, 0.717) is 16.7 Å². The summed E-state index contributed by atoms with van der Waals surface area (Å²) >= 11 is 6.00. The molecule has 1 aromatic carbocycles. The fourth-order valence-electron chi connectivity index (χ4n) is 4.23. The predicted molar refractivity (Wildman–Crippen MR) is 82.1 cm³/mol. The molecule has 0 aromatic heterocycles. The molecular weight excluding hydrogens is 288 g/mol. The number of hydrogen-bond donors (Lipinski definition) is 1. The summed E-state index contributed by atoms with van der Waals surface area (Å²) in [7, 11) is 0. The van der Waals surface area contributed by atoms with Gasteiger partial charge >= 0.3 is 5.97 Å². The average Bonchev–Trinajstić information content (AvgIpc) is 2.71. The van der Waals surface area contributed by atoms with E-state index in [0.717, 1.165) is 12.8 Å². The van der Waals surface area contributed by atoms with Crippen LogP contribution >= 0.6 is 11.6 Å². The topological polar surface area (TPSA) is 46.5 Å². The second-order valence-corrected chi connectivity index (χ2v) is 7.60. The van der Waals surface area contributed by atoms with E-state index in [1.165, 1.54) is 12.5 Å². The zero-order valence-electron chi connectivity index (χ0n) is 12.6. The van der Waals surface area contributed by atoms with Crippen molar-refractivity contribution in [1.82, 2.24) is 0 Å². The molecule has 0 spiro atoms. The van der Waals surface area contributed by atoms with Gasteiger partial charge in [0.15, 0.2) is 0 Å². The van der Waals surface area contributed by atoms with Crippen LogP contribution in [-0.4, -0.2) is 17.2 Å². The van der Waals surface area contributed by atoms with Gasteiger partial charge in [0.2, 0.25) is 0 Å². The van der Waals surface area contributed by atoms with Crippen molar-refractivity contribution in [3.63, 3.8) is 0 Å². The summed E-state index contributed by atoms with van der Waals surface area (Å²) < 4.78 is 6.16. The number of carboxylic acids is 1. The molecule has 3 rings (SSSR count). The maximum absolute atomic E-state index is 11.4. The van der Waals surface area contributed by atoms with Gasteiger partial charge in [0, 0.05) is 10.4 Å². The van der Waals surface area contributed by atoms with E-state index in [4.69, 9.17) is 16.3 Å². The Bertz CT molecular complexity index is 596. The highest BCUT2D eigenvalue weighted by Crippen LogP contribution is 2.66. The summed E-state index contributed by atoms with van der Waals surface area (Å²) in [6, 6.07) is 4.72. The van der Waals surface area contributed by atoms with Gasteiger partial charge in [0.1, 0.15) is 17.4 Å². The van der Waals surface area contributed by atoms with Gasteiger partial charge in [-0.2, -0.15) is 0 Å². The van der Waals surface area contributed by atoms with Crippen molar-refractivity contribution in [1.29, 1.82) is 0 Å². The Morgan fingerprint density at radius 3 is 2.62 bits per heavy atom. The molecule has 0 saturated heterocycles. The van der Waals surface area contributed by atoms with E-state index >= 15 is 0 Å². The number of carbonyl (C=O) groups is 1. The minimum absolute atomic E-state index is 0.0582. The molecule has 3 atom stereocenters. The van der Waals surface area contributed by atoms with Crippen LogP contribution < -0.4 is 4.74 Å². The quantitative estimate of drug-likeness (QED) is 0.885. The molecule has 2 saturated carbocycles. The highest BCUT2D eigenvalue weighted by Gasteiger charge is 2.62. The third-order valence-corrected chi connectivity index (χ3v) is 6.39. The lowest BCUT2D eigenvalue weighted by molar-refractivity contribution is 0.0288. The van der Waals surface area contributed by atoms with Crippen molar-refractivity contribution in [3.05, 3.63) is 28.8 Å². The number of hydrogen-bond acceptors (Lipinski definition) is 2. The Hall–Kier alpha value is -1.22. The number of fused-ring (bicyclic) bond motifs is 2. The number of halogens is 1. The fraction of sp³-hybridized carbons (Fsp3) is 0.588. The maximum Gasteiger partial charge on any atom is 0.339 e. The number of rotatable bonds is 3. The lowest BCUT2D eigenvalue weighted by Gasteiger charge is -2.39. The summed E-state index contributed by atoms with van der Waals surface area (Å²) in [5.41, 5.74) is 0.513. The molecule has 1 N–H and O–H groups in total. The second-order valence-electron chi connectivity index (χ2n) is 7.16. The second kappa shape index (κ2) is 4.64. The molecule has 0 amide bonds. The summed E-state index contributed by atoms with van der Waals surface area (Å²) in [5.74, 6) is 0.0683. The van der Waals surface area contributed by atoms with Crippen LogP contribution in [0.4, 0.5) is 0 Å². The van der Waals surface area contributed by atoms with E-state index in [-0.39, 0.29) is 22.5 Å². The van der Waals surface area contributed by atoms with Crippen LogP contribution in [0, 0.1) is 16.7 Å². The van der Waals surface area contributed by atoms with Gasteiger partial charge in [-0.3, -0.25) is 0 Å². The van der Waals surface area contributed by atoms with Crippen LogP contribution in [0.5, 0.6) is 5.75 Å². The van der Waals surface area contributed by atoms with Gasteiger partial charge in [-0.15, -0.1) is 0 Å². The average molecular weight is 309 g/mol. The molecule has 3 nitrogen and oxygen atoms in total. The summed E-state index contributed by atoms with van der Waals surface area (Å²) in [5, 5.41) is 9.81. The van der Waals surface area contributed by atoms with Crippen LogP contribution in [0.15, 0.2) is 18.2 Å². The monoisotopic (exact) mass is 308 g/mol. The molecular formula is C17H21ClO3. The Morgan fingerprint density at radius 2 is 2.10 bits per heavy atom. The van der Waals surface area contributed by atoms with Gasteiger partial charge in [-0.05, 0) is 48.8 Å². The van der Waals surface area contributed by atoms with Gasteiger partial charge in [-0.1, -0.05) is 32.4 Å². The van der Waals surface area contributed by atoms with Crippen molar-refractivity contribution < 1.29 is 14.6 Å². The molecule has 2 bridgehead atoms. The van der Waals surface area contributed by atoms with Crippen molar-refractivity contribution >= 4 is 17.6 Å². The molecule has 2 fully saturated rings. The largest absolute Gasteiger partial charge is 0.489 e. The van der Waals surface area contributed by atoms with Crippen LogP contribution in [0.1, 0.15) is 50.4 Å². The van der Waals surface area contributed by atoms with Crippen LogP contribution in [0.3, 0.4) is 0 Å². The smallest absolute Gasteiger partial charge is 0.339 e. The minimum atomic E-state index is -0.978. The van der Waals surface area contributed by atoms with Gasteiger partial charge < -0.3 is 9.84 Å². The van der Waals surface area contributed by atoms with E-state index in [2.05, 4.69) is 20.8 Å². The summed E-state index contributed by atoms with van der Waals surface area (Å²) in [6.07, 6.45) is 3.43. The highest BCUT2D eigenvalue weighted by molar-refractivity contribution is 6.30. The Labute approximate surface area is 130 Å². The van der Waals surface area contributed by atoms with Crippen molar-refractivity contribution in [3.8, 4) is 5.75 Å². The maximum atomic E-state index is 11.4. The Kier molecular flexibility index (Phi) is 3.25. The summed E-state index contributed by atoms with van der Waals surface area (Å²) in [4.78, 5) is 11.4. The van der Waals surface area contributed by atoms with Crippen molar-refractivity contribution in [2.24, 2.45) is 16.7 Å². The minimum Gasteiger partial charge on any atom is -0.489 e. The molecule has 0 aliphatic heterocycles. The molecule has 0 radical (unpaired) electrons. The van der Waals surface area contributed by atoms with E-state index in [1.807, 2.05) is 0 Å². The van der Waals surface area contributed by atoms with Crippen LogP contribution in [0.25, 0.3) is 0 Å². The Morgan fingerprint density at radius 1 is 1.38 bits per heavy atom. The number of ether oxygens (including phenoxy) is 1. The standard InChI is InChI=1S/C17H21ClO3/c1-16(2)10-6-7-17(16,3)14(8-10)21-13-9-11(18)4-5-12(13)15(19)20/h4-5,9-10,14H,6-8H2,1-3H3,(H,19,20). The number of carboxylic acid groups (broad SMARTS) is 1. The van der Waals surface area contributed by atoms with Crippen LogP contribution in [0.2, 0.25) is 5.02 Å². The molecule has 114 valence electrons. The van der Waals surface area contributed by atoms with Gasteiger partial charge in [-0.25, -0.2) is 4.79 Å². The first-order valence-corrected chi connectivity index (χ1v) is 7.83. The lowest BCUT2D eigenvalue weighted by atomic mass is 9.70. The van der Waals surface area contributed by atoms with Gasteiger partial charge in [0.25, 0.3) is 0 Å². The number of benzene rings is 1. The molecule has 3 unspecified atom stereocenters. The normalized spacial score (nSPS) is 33.1. The zero-order chi connectivity index (χ0) is 15.4. The Balaban J connectivity index is 1.92. The third-order valence-electron chi connectivity index (χ3n) is 6.16. The van der Waals surface area contributed by atoms with Crippen molar-refractivity contribution in [2.75, 3.05) is 0 Å². The van der Waals surface area contributed by atoms with Crippen LogP contribution in [-0.2, 0) is 0 Å². The first-order chi connectivity index (χ1) is 9.75. The van der Waals surface area contributed by atoms with E-state index in [1.54, 1.807) is 12.1 Å². The zero-order valence-corrected chi connectivity index (χ0v) is 13.4. The molecule has 2 aliphatic carbocycles. The fourth-order valence-corrected chi connectivity index (χ4v) is 4.39. The van der Waals surface area contributed by atoms with Gasteiger partial charge in [0.05, 0.1) is 0 Å². The molecule has 1 aromatic rings. The molecule has 2 aliphatic rings. The molecule has 0 heterocycles. The first-order valence-electron chi connectivity index (χ1n) is 7.45. The van der Waals surface area contributed by atoms with E-state index < -0.39 is 5.97 Å². The summed E-state index contributed by atoms with van der Waals surface area (Å²) in [6.45, 7) is 6.89. The van der Waals surface area contributed by atoms with Crippen molar-refractivity contribution in [2.45, 2.75) is 46.1 Å². The third kappa shape index (κ3) is 2.05. The number of aromatic carboxylic acids is 1. The van der Waals surface area contributed by atoms with E-state index in [9.17, 15) is 9.90 Å². The lowest BCUT2D eigenvalue weighted by Crippen LogP contribution is -2.39. The highest BCUT2D eigenvalue weighted by atomic mass is 35.5. The molecule has 4 heteroatoms. The molecule has 21 heavy (non-hydrogen) atoms. The SMILES string of the molecule is CC1(C)C2CCC1(C)C(Oc1cc(Cl)ccc1C(=O)O)C2. The first kappa shape index (κ1) is 14.7.